The van der Waals surface area contributed by atoms with Crippen molar-refractivity contribution in [3.05, 3.63) is 0 Å². The highest BCUT2D eigenvalue weighted by Crippen LogP contribution is 2.24. The molecule has 1 fully saturated rings. The first-order valence-corrected chi connectivity index (χ1v) is 7.34. The molecule has 2 unspecified atom stereocenters. The zero-order valence-corrected chi connectivity index (χ0v) is 12.2. The summed E-state index contributed by atoms with van der Waals surface area (Å²) < 4.78 is 5.16. The number of hydrogen-bond acceptors (Lipinski definition) is 4. The van der Waals surface area contributed by atoms with Crippen molar-refractivity contribution in [2.24, 2.45) is 5.92 Å². The molecule has 0 aromatic rings. The maximum atomic E-state index is 11.7. The molecule has 2 N–H and O–H groups in total. The molecule has 1 aliphatic carbocycles. The van der Waals surface area contributed by atoms with Gasteiger partial charge in [-0.3, -0.25) is 9.69 Å². The van der Waals surface area contributed by atoms with Crippen LogP contribution >= 0.6 is 0 Å². The summed E-state index contributed by atoms with van der Waals surface area (Å²) in [5, 5.41) is 12.7. The fourth-order valence-electron chi connectivity index (χ4n) is 2.57. The molecule has 5 heteroatoms. The number of carbonyl (C=O) groups is 1. The Hall–Kier alpha value is -0.650. The molecule has 112 valence electrons. The zero-order valence-electron chi connectivity index (χ0n) is 12.2. The van der Waals surface area contributed by atoms with Crippen LogP contribution in [0.2, 0.25) is 0 Å². The summed E-state index contributed by atoms with van der Waals surface area (Å²) in [4.78, 5) is 13.7. The Morgan fingerprint density at radius 3 is 2.84 bits per heavy atom. The standard InChI is InChI=1S/C14H28N2O3/c1-3-19-9-8-15-14(18)11-16(2)10-12-6-4-5-7-13(12)17/h12-13,17H,3-11H2,1-2H3,(H,15,18). The van der Waals surface area contributed by atoms with Crippen LogP contribution in [0.1, 0.15) is 32.6 Å². The molecule has 1 rings (SSSR count). The Balaban J connectivity index is 2.15. The van der Waals surface area contributed by atoms with Gasteiger partial charge in [0.15, 0.2) is 0 Å². The molecule has 1 saturated carbocycles. The van der Waals surface area contributed by atoms with E-state index in [4.69, 9.17) is 4.74 Å². The summed E-state index contributed by atoms with van der Waals surface area (Å²) in [6.45, 7) is 4.91. The smallest absolute Gasteiger partial charge is 0.234 e. The molecule has 1 amide bonds. The van der Waals surface area contributed by atoms with Gasteiger partial charge < -0.3 is 15.2 Å². The van der Waals surface area contributed by atoms with Gasteiger partial charge in [0.25, 0.3) is 0 Å². The first-order valence-electron chi connectivity index (χ1n) is 7.34. The molecule has 0 aromatic heterocycles. The lowest BCUT2D eigenvalue weighted by Gasteiger charge is -2.30. The Morgan fingerprint density at radius 1 is 1.42 bits per heavy atom. The van der Waals surface area contributed by atoms with Crippen LogP contribution in [0.15, 0.2) is 0 Å². The Labute approximate surface area is 116 Å². The minimum absolute atomic E-state index is 0.0208. The van der Waals surface area contributed by atoms with Gasteiger partial charge in [0, 0.05) is 19.7 Å². The fourth-order valence-corrected chi connectivity index (χ4v) is 2.57. The molecule has 0 spiro atoms. The third-order valence-electron chi connectivity index (χ3n) is 3.60. The van der Waals surface area contributed by atoms with Crippen LogP contribution in [0.4, 0.5) is 0 Å². The molecule has 0 aliphatic heterocycles. The van der Waals surface area contributed by atoms with Crippen molar-refractivity contribution in [3.8, 4) is 0 Å². The van der Waals surface area contributed by atoms with E-state index in [0.29, 0.717) is 32.2 Å². The molecule has 2 atom stereocenters. The molecule has 0 aromatic carbocycles. The molecule has 5 nitrogen and oxygen atoms in total. The lowest BCUT2D eigenvalue weighted by Crippen LogP contribution is -2.41. The highest BCUT2D eigenvalue weighted by Gasteiger charge is 2.24. The van der Waals surface area contributed by atoms with Crippen LogP contribution in [-0.2, 0) is 9.53 Å². The highest BCUT2D eigenvalue weighted by atomic mass is 16.5. The van der Waals surface area contributed by atoms with Gasteiger partial charge in [-0.05, 0) is 32.7 Å². The van der Waals surface area contributed by atoms with E-state index in [1.807, 2.05) is 18.9 Å². The van der Waals surface area contributed by atoms with Crippen LogP contribution in [0.25, 0.3) is 0 Å². The number of ether oxygens (including phenoxy) is 1. The number of nitrogens with zero attached hydrogens (tertiary/aromatic N) is 1. The number of aliphatic hydroxyl groups is 1. The molecule has 0 saturated heterocycles. The van der Waals surface area contributed by atoms with Crippen molar-refractivity contribution in [3.63, 3.8) is 0 Å². The highest BCUT2D eigenvalue weighted by molar-refractivity contribution is 5.77. The molecular weight excluding hydrogens is 244 g/mol. The molecule has 1 aliphatic rings. The largest absolute Gasteiger partial charge is 0.393 e. The topological polar surface area (TPSA) is 61.8 Å². The van der Waals surface area contributed by atoms with Crippen molar-refractivity contribution in [2.45, 2.75) is 38.7 Å². The predicted molar refractivity (Wildman–Crippen MR) is 75.0 cm³/mol. The van der Waals surface area contributed by atoms with E-state index in [2.05, 4.69) is 5.32 Å². The maximum Gasteiger partial charge on any atom is 0.234 e. The van der Waals surface area contributed by atoms with E-state index in [0.717, 1.165) is 25.8 Å². The van der Waals surface area contributed by atoms with Gasteiger partial charge in [0.05, 0.1) is 19.3 Å². The van der Waals surface area contributed by atoms with E-state index in [-0.39, 0.29) is 12.0 Å². The summed E-state index contributed by atoms with van der Waals surface area (Å²) >= 11 is 0. The average Bonchev–Trinajstić information content (AvgIpc) is 2.37. The first-order chi connectivity index (χ1) is 9.13. The fraction of sp³-hybridized carbons (Fsp3) is 0.929. The normalized spacial score (nSPS) is 23.6. The second-order valence-corrected chi connectivity index (χ2v) is 5.36. The summed E-state index contributed by atoms with van der Waals surface area (Å²) in [5.41, 5.74) is 0. The van der Waals surface area contributed by atoms with E-state index in [1.165, 1.54) is 6.42 Å². The summed E-state index contributed by atoms with van der Waals surface area (Å²) in [6, 6.07) is 0. The van der Waals surface area contributed by atoms with E-state index < -0.39 is 0 Å². The minimum atomic E-state index is -0.197. The van der Waals surface area contributed by atoms with Crippen LogP contribution in [0.5, 0.6) is 0 Å². The Morgan fingerprint density at radius 2 is 2.16 bits per heavy atom. The molecule has 0 radical (unpaired) electrons. The van der Waals surface area contributed by atoms with Gasteiger partial charge in [-0.2, -0.15) is 0 Å². The van der Waals surface area contributed by atoms with Gasteiger partial charge in [-0.1, -0.05) is 12.8 Å². The Kier molecular flexibility index (Phi) is 8.02. The zero-order chi connectivity index (χ0) is 14.1. The van der Waals surface area contributed by atoms with Crippen LogP contribution in [0, 0.1) is 5.92 Å². The number of amides is 1. The number of likely N-dealkylation sites (N-methyl/N-ethyl adjacent to an activating group) is 1. The average molecular weight is 272 g/mol. The summed E-state index contributed by atoms with van der Waals surface area (Å²) in [5.74, 6) is 0.336. The van der Waals surface area contributed by atoms with E-state index in [9.17, 15) is 9.90 Å². The van der Waals surface area contributed by atoms with E-state index in [1.54, 1.807) is 0 Å². The van der Waals surface area contributed by atoms with Crippen molar-refractivity contribution >= 4 is 5.91 Å². The minimum Gasteiger partial charge on any atom is -0.393 e. The quantitative estimate of drug-likeness (QED) is 0.636. The van der Waals surface area contributed by atoms with E-state index >= 15 is 0 Å². The number of hydrogen-bond donors (Lipinski definition) is 2. The van der Waals surface area contributed by atoms with Crippen LogP contribution in [-0.4, -0.2) is 61.9 Å². The van der Waals surface area contributed by atoms with Gasteiger partial charge in [0.1, 0.15) is 0 Å². The van der Waals surface area contributed by atoms with Gasteiger partial charge in [-0.25, -0.2) is 0 Å². The van der Waals surface area contributed by atoms with Crippen molar-refractivity contribution in [1.29, 1.82) is 0 Å². The van der Waals surface area contributed by atoms with Gasteiger partial charge in [-0.15, -0.1) is 0 Å². The molecule has 0 heterocycles. The molecule has 0 bridgehead atoms. The van der Waals surface area contributed by atoms with Crippen LogP contribution in [0.3, 0.4) is 0 Å². The summed E-state index contributed by atoms with van der Waals surface area (Å²) in [7, 11) is 1.93. The third-order valence-corrected chi connectivity index (χ3v) is 3.60. The second-order valence-electron chi connectivity index (χ2n) is 5.36. The monoisotopic (exact) mass is 272 g/mol. The predicted octanol–water partition coefficient (Wildman–Crippen LogP) is 0.622. The third kappa shape index (κ3) is 6.89. The maximum absolute atomic E-state index is 11.7. The van der Waals surface area contributed by atoms with Crippen molar-refractivity contribution in [1.82, 2.24) is 10.2 Å². The van der Waals surface area contributed by atoms with Crippen molar-refractivity contribution < 1.29 is 14.6 Å². The second kappa shape index (κ2) is 9.28. The van der Waals surface area contributed by atoms with Crippen LogP contribution < -0.4 is 5.32 Å². The molecular formula is C14H28N2O3. The number of carbonyl (C=O) groups excluding carboxylic acids is 1. The summed E-state index contributed by atoms with van der Waals surface area (Å²) in [6.07, 6.45) is 4.09. The lowest BCUT2D eigenvalue weighted by atomic mass is 9.86. The number of aliphatic hydroxyl groups excluding tert-OH is 1. The SMILES string of the molecule is CCOCCNC(=O)CN(C)CC1CCCCC1O. The first kappa shape index (κ1) is 16.4. The van der Waals surface area contributed by atoms with Gasteiger partial charge in [0.2, 0.25) is 5.91 Å². The Bertz CT molecular complexity index is 261. The number of rotatable bonds is 8. The lowest BCUT2D eigenvalue weighted by molar-refractivity contribution is -0.122. The van der Waals surface area contributed by atoms with Gasteiger partial charge >= 0.3 is 0 Å². The van der Waals surface area contributed by atoms with Crippen molar-refractivity contribution in [2.75, 3.05) is 39.9 Å². The molecule has 19 heavy (non-hydrogen) atoms. The number of nitrogens with one attached hydrogen (secondary N) is 1.